The standard InChI is InChI=1S/C15H17F3N6S2/c1-2-19-13(21-7-10-8-24-5-6-25-14(24)22-10)20-4-3-12-23-11(9-26-12)15(16,17)18/h5-6,8-9H,2-4,7H2,1H3,(H2,19,20,21). The minimum absolute atomic E-state index is 0.394. The molecule has 0 saturated heterocycles. The highest BCUT2D eigenvalue weighted by Gasteiger charge is 2.33. The smallest absolute Gasteiger partial charge is 0.357 e. The number of aliphatic imine (C=N–C) groups is 1. The first kappa shape index (κ1) is 18.6. The maximum absolute atomic E-state index is 12.6. The van der Waals surface area contributed by atoms with Crippen molar-refractivity contribution in [3.05, 3.63) is 39.5 Å². The Morgan fingerprint density at radius 1 is 1.27 bits per heavy atom. The van der Waals surface area contributed by atoms with Gasteiger partial charge in [0.15, 0.2) is 16.6 Å². The number of aromatic nitrogens is 3. The van der Waals surface area contributed by atoms with E-state index in [1.807, 2.05) is 29.1 Å². The molecule has 0 atom stereocenters. The molecule has 3 rings (SSSR count). The molecule has 0 bridgehead atoms. The second-order valence-corrected chi connectivity index (χ2v) is 7.14. The Balaban J connectivity index is 1.54. The average molecular weight is 402 g/mol. The van der Waals surface area contributed by atoms with Crippen LogP contribution in [0.1, 0.15) is 23.3 Å². The van der Waals surface area contributed by atoms with Crippen LogP contribution in [0.5, 0.6) is 0 Å². The van der Waals surface area contributed by atoms with E-state index in [1.165, 1.54) is 0 Å². The molecule has 2 N–H and O–H groups in total. The van der Waals surface area contributed by atoms with Gasteiger partial charge >= 0.3 is 6.18 Å². The van der Waals surface area contributed by atoms with Gasteiger partial charge in [0.1, 0.15) is 0 Å². The zero-order chi connectivity index (χ0) is 18.6. The van der Waals surface area contributed by atoms with Crippen molar-refractivity contribution >= 4 is 33.6 Å². The lowest BCUT2D eigenvalue weighted by atomic mass is 10.4. The summed E-state index contributed by atoms with van der Waals surface area (Å²) >= 11 is 2.57. The van der Waals surface area contributed by atoms with Gasteiger partial charge in [0.25, 0.3) is 0 Å². The number of alkyl halides is 3. The van der Waals surface area contributed by atoms with Gasteiger partial charge < -0.3 is 10.6 Å². The molecule has 0 unspecified atom stereocenters. The van der Waals surface area contributed by atoms with E-state index in [0.717, 1.165) is 27.4 Å². The number of nitrogens with one attached hydrogen (secondary N) is 2. The van der Waals surface area contributed by atoms with Crippen molar-refractivity contribution in [3.8, 4) is 0 Å². The molecule has 0 fully saturated rings. The number of hydrogen-bond acceptors (Lipinski definition) is 5. The van der Waals surface area contributed by atoms with Gasteiger partial charge in [0.2, 0.25) is 0 Å². The topological polar surface area (TPSA) is 66.6 Å². The zero-order valence-corrected chi connectivity index (χ0v) is 15.5. The zero-order valence-electron chi connectivity index (χ0n) is 13.9. The Kier molecular flexibility index (Phi) is 5.77. The molecule has 0 aliphatic carbocycles. The summed E-state index contributed by atoms with van der Waals surface area (Å²) in [6.45, 7) is 3.48. The molecule has 0 radical (unpaired) electrons. The van der Waals surface area contributed by atoms with E-state index in [9.17, 15) is 13.2 Å². The minimum Gasteiger partial charge on any atom is -0.357 e. The third-order valence-corrected chi connectivity index (χ3v) is 5.04. The van der Waals surface area contributed by atoms with Crippen molar-refractivity contribution in [1.82, 2.24) is 25.0 Å². The second kappa shape index (κ2) is 8.04. The fourth-order valence-electron chi connectivity index (χ4n) is 2.20. The largest absolute Gasteiger partial charge is 0.434 e. The van der Waals surface area contributed by atoms with E-state index in [2.05, 4.69) is 25.6 Å². The number of guanidine groups is 1. The van der Waals surface area contributed by atoms with Crippen LogP contribution in [0.3, 0.4) is 0 Å². The molecule has 0 amide bonds. The van der Waals surface area contributed by atoms with Gasteiger partial charge in [0.05, 0.1) is 17.2 Å². The average Bonchev–Trinajstić information content (AvgIpc) is 3.27. The van der Waals surface area contributed by atoms with E-state index in [0.29, 0.717) is 37.0 Å². The lowest BCUT2D eigenvalue weighted by molar-refractivity contribution is -0.140. The number of nitrogens with zero attached hydrogens (tertiary/aromatic N) is 4. The van der Waals surface area contributed by atoms with E-state index < -0.39 is 11.9 Å². The van der Waals surface area contributed by atoms with Crippen LogP contribution < -0.4 is 10.6 Å². The van der Waals surface area contributed by atoms with Crippen LogP contribution in [0.15, 0.2) is 28.1 Å². The highest BCUT2D eigenvalue weighted by Crippen LogP contribution is 2.29. The van der Waals surface area contributed by atoms with E-state index in [1.54, 1.807) is 11.3 Å². The third-order valence-electron chi connectivity index (χ3n) is 3.36. The molecular weight excluding hydrogens is 385 g/mol. The summed E-state index contributed by atoms with van der Waals surface area (Å²) in [5, 5.41) is 9.66. The van der Waals surface area contributed by atoms with Gasteiger partial charge in [0, 0.05) is 42.7 Å². The van der Waals surface area contributed by atoms with Crippen LogP contribution in [-0.2, 0) is 19.1 Å². The first-order chi connectivity index (χ1) is 12.5. The summed E-state index contributed by atoms with van der Waals surface area (Å²) in [6, 6.07) is 0. The highest BCUT2D eigenvalue weighted by atomic mass is 32.1. The maximum Gasteiger partial charge on any atom is 0.434 e. The summed E-state index contributed by atoms with van der Waals surface area (Å²) in [5.41, 5.74) is 0.0154. The van der Waals surface area contributed by atoms with Crippen molar-refractivity contribution in [2.45, 2.75) is 26.1 Å². The molecule has 3 aromatic heterocycles. The summed E-state index contributed by atoms with van der Waals surface area (Å²) in [7, 11) is 0. The van der Waals surface area contributed by atoms with Crippen LogP contribution in [0, 0.1) is 0 Å². The van der Waals surface area contributed by atoms with Gasteiger partial charge in [-0.05, 0) is 6.92 Å². The van der Waals surface area contributed by atoms with Crippen LogP contribution in [0.25, 0.3) is 4.96 Å². The fourth-order valence-corrected chi connectivity index (χ4v) is 3.72. The summed E-state index contributed by atoms with van der Waals surface area (Å²) < 4.78 is 39.6. The van der Waals surface area contributed by atoms with Crippen molar-refractivity contribution in [3.63, 3.8) is 0 Å². The number of halogens is 3. The molecule has 6 nitrogen and oxygen atoms in total. The van der Waals surface area contributed by atoms with Crippen LogP contribution in [0.2, 0.25) is 0 Å². The Labute approximate surface area is 155 Å². The van der Waals surface area contributed by atoms with Crippen LogP contribution >= 0.6 is 22.7 Å². The molecule has 26 heavy (non-hydrogen) atoms. The first-order valence-electron chi connectivity index (χ1n) is 7.90. The van der Waals surface area contributed by atoms with E-state index in [4.69, 9.17) is 0 Å². The van der Waals surface area contributed by atoms with E-state index in [-0.39, 0.29) is 0 Å². The van der Waals surface area contributed by atoms with Crippen molar-refractivity contribution in [2.24, 2.45) is 4.99 Å². The van der Waals surface area contributed by atoms with Crippen molar-refractivity contribution < 1.29 is 13.2 Å². The molecule has 11 heteroatoms. The summed E-state index contributed by atoms with van der Waals surface area (Å²) in [6.07, 6.45) is -0.137. The highest BCUT2D eigenvalue weighted by molar-refractivity contribution is 7.15. The summed E-state index contributed by atoms with van der Waals surface area (Å²) in [4.78, 5) is 13.5. The Morgan fingerprint density at radius 2 is 2.12 bits per heavy atom. The Bertz CT molecular complexity index is 851. The quantitative estimate of drug-likeness (QED) is 0.491. The maximum atomic E-state index is 12.6. The number of hydrogen-bond donors (Lipinski definition) is 2. The lowest BCUT2D eigenvalue weighted by Crippen LogP contribution is -2.38. The van der Waals surface area contributed by atoms with Crippen LogP contribution in [0.4, 0.5) is 13.2 Å². The van der Waals surface area contributed by atoms with Gasteiger partial charge in [-0.2, -0.15) is 13.2 Å². The second-order valence-electron chi connectivity index (χ2n) is 5.32. The normalized spacial score (nSPS) is 12.7. The summed E-state index contributed by atoms with van der Waals surface area (Å²) in [5.74, 6) is 0.594. The third kappa shape index (κ3) is 4.73. The predicted octanol–water partition coefficient (Wildman–Crippen LogP) is 3.17. The first-order valence-corrected chi connectivity index (χ1v) is 9.66. The molecule has 3 heterocycles. The van der Waals surface area contributed by atoms with Crippen molar-refractivity contribution in [2.75, 3.05) is 13.1 Å². The molecule has 3 aromatic rings. The number of fused-ring (bicyclic) bond motifs is 1. The van der Waals surface area contributed by atoms with Gasteiger partial charge in [-0.25, -0.2) is 15.0 Å². The van der Waals surface area contributed by atoms with Gasteiger partial charge in [-0.1, -0.05) is 0 Å². The minimum atomic E-state index is -4.39. The molecule has 0 spiro atoms. The SMILES string of the molecule is CCNC(=NCc1cn2ccsc2n1)NCCc1nc(C(F)(F)F)cs1. The Hall–Kier alpha value is -2.14. The number of rotatable bonds is 6. The van der Waals surface area contributed by atoms with E-state index >= 15 is 0 Å². The number of imidazole rings is 1. The van der Waals surface area contributed by atoms with Gasteiger partial charge in [-0.3, -0.25) is 4.40 Å². The van der Waals surface area contributed by atoms with Crippen molar-refractivity contribution in [1.29, 1.82) is 0 Å². The van der Waals surface area contributed by atoms with Crippen LogP contribution in [-0.4, -0.2) is 33.4 Å². The molecule has 140 valence electrons. The lowest BCUT2D eigenvalue weighted by Gasteiger charge is -2.10. The molecule has 0 aliphatic heterocycles. The number of thiazole rings is 2. The molecular formula is C15H17F3N6S2. The van der Waals surface area contributed by atoms with Gasteiger partial charge in [-0.15, -0.1) is 22.7 Å². The predicted molar refractivity (Wildman–Crippen MR) is 96.7 cm³/mol. The molecule has 0 saturated carbocycles. The fraction of sp³-hybridized carbons (Fsp3) is 0.400. The molecule has 0 aliphatic rings. The monoisotopic (exact) mass is 402 g/mol. The Morgan fingerprint density at radius 3 is 2.81 bits per heavy atom. The molecule has 0 aromatic carbocycles.